The second-order valence-electron chi connectivity index (χ2n) is 4.60. The highest BCUT2D eigenvalue weighted by molar-refractivity contribution is 7.80. The van der Waals surface area contributed by atoms with Crippen molar-refractivity contribution in [2.45, 2.75) is 18.9 Å². The number of ether oxygens (including phenoxy) is 2. The maximum Gasteiger partial charge on any atom is 0.170 e. The normalized spacial score (nSPS) is 17.5. The number of benzene rings is 1. The summed E-state index contributed by atoms with van der Waals surface area (Å²) in [6, 6.07) is 7.67. The molecular formula is C15H20N2O2S. The lowest BCUT2D eigenvalue weighted by Gasteiger charge is -2.14. The van der Waals surface area contributed by atoms with Gasteiger partial charge in [-0.05, 0) is 37.2 Å². The van der Waals surface area contributed by atoms with Crippen LogP contribution in [-0.4, -0.2) is 31.0 Å². The van der Waals surface area contributed by atoms with Crippen LogP contribution in [0.3, 0.4) is 0 Å². The van der Waals surface area contributed by atoms with Gasteiger partial charge in [-0.2, -0.15) is 0 Å². The van der Waals surface area contributed by atoms with Crippen molar-refractivity contribution in [2.24, 2.45) is 0 Å². The molecule has 0 aromatic heterocycles. The molecule has 1 saturated heterocycles. The number of nitrogens with one attached hydrogen (secondary N) is 2. The van der Waals surface area contributed by atoms with Crippen molar-refractivity contribution in [3.63, 3.8) is 0 Å². The Morgan fingerprint density at radius 3 is 3.20 bits per heavy atom. The monoisotopic (exact) mass is 292 g/mol. The third kappa shape index (κ3) is 4.83. The smallest absolute Gasteiger partial charge is 0.170 e. The molecule has 1 aromatic rings. The Bertz CT molecular complexity index is 459. The van der Waals surface area contributed by atoms with Crippen molar-refractivity contribution in [3.8, 4) is 5.75 Å². The first-order valence-corrected chi connectivity index (χ1v) is 7.19. The highest BCUT2D eigenvalue weighted by atomic mass is 32.1. The van der Waals surface area contributed by atoms with E-state index >= 15 is 0 Å². The average Bonchev–Trinajstić information content (AvgIpc) is 2.97. The summed E-state index contributed by atoms with van der Waals surface area (Å²) in [4.78, 5) is 0. The first kappa shape index (κ1) is 14.8. The van der Waals surface area contributed by atoms with Crippen LogP contribution < -0.4 is 15.4 Å². The predicted octanol–water partition coefficient (Wildman–Crippen LogP) is 2.72. The zero-order chi connectivity index (χ0) is 14.2. The van der Waals surface area contributed by atoms with Crippen LogP contribution in [0.4, 0.5) is 5.69 Å². The van der Waals surface area contributed by atoms with Crippen LogP contribution >= 0.6 is 12.2 Å². The molecule has 1 atom stereocenters. The molecule has 1 heterocycles. The minimum Gasteiger partial charge on any atom is -0.489 e. The number of hydrogen-bond acceptors (Lipinski definition) is 3. The van der Waals surface area contributed by atoms with Gasteiger partial charge in [0.15, 0.2) is 5.11 Å². The van der Waals surface area contributed by atoms with Crippen LogP contribution in [0.5, 0.6) is 5.75 Å². The molecule has 0 bridgehead atoms. The number of rotatable bonds is 6. The van der Waals surface area contributed by atoms with E-state index in [1.165, 1.54) is 0 Å². The molecule has 1 fully saturated rings. The van der Waals surface area contributed by atoms with E-state index in [-0.39, 0.29) is 6.10 Å². The van der Waals surface area contributed by atoms with Gasteiger partial charge < -0.3 is 20.1 Å². The van der Waals surface area contributed by atoms with Crippen molar-refractivity contribution in [3.05, 3.63) is 36.9 Å². The van der Waals surface area contributed by atoms with Gasteiger partial charge >= 0.3 is 0 Å². The van der Waals surface area contributed by atoms with Crippen LogP contribution in [0.15, 0.2) is 36.9 Å². The topological polar surface area (TPSA) is 42.5 Å². The zero-order valence-electron chi connectivity index (χ0n) is 11.4. The van der Waals surface area contributed by atoms with Gasteiger partial charge in [0.25, 0.3) is 0 Å². The summed E-state index contributed by atoms with van der Waals surface area (Å²) >= 11 is 5.27. The largest absolute Gasteiger partial charge is 0.489 e. The van der Waals surface area contributed by atoms with Gasteiger partial charge in [0, 0.05) is 24.9 Å². The molecule has 0 amide bonds. The second-order valence-corrected chi connectivity index (χ2v) is 5.01. The molecule has 108 valence electrons. The maximum atomic E-state index is 5.54. The van der Waals surface area contributed by atoms with Gasteiger partial charge in [0.2, 0.25) is 0 Å². The van der Waals surface area contributed by atoms with Gasteiger partial charge in [-0.15, -0.1) is 0 Å². The van der Waals surface area contributed by atoms with Gasteiger partial charge in [-0.25, -0.2) is 0 Å². The minimum atomic E-state index is 0.275. The highest BCUT2D eigenvalue weighted by Gasteiger charge is 2.15. The molecule has 1 aliphatic rings. The first-order valence-electron chi connectivity index (χ1n) is 6.78. The summed E-state index contributed by atoms with van der Waals surface area (Å²) < 4.78 is 11.0. The molecular weight excluding hydrogens is 272 g/mol. The van der Waals surface area contributed by atoms with Crippen molar-refractivity contribution >= 4 is 23.0 Å². The molecule has 2 N–H and O–H groups in total. The Kier molecular flexibility index (Phi) is 5.83. The summed E-state index contributed by atoms with van der Waals surface area (Å²) in [5.74, 6) is 0.789. The molecule has 0 aliphatic carbocycles. The Balaban J connectivity index is 1.79. The highest BCUT2D eigenvalue weighted by Crippen LogP contribution is 2.17. The van der Waals surface area contributed by atoms with Crippen LogP contribution in [0.1, 0.15) is 12.8 Å². The average molecular weight is 292 g/mol. The Labute approximate surface area is 125 Å². The summed E-state index contributed by atoms with van der Waals surface area (Å²) in [5, 5.41) is 6.91. The molecule has 2 rings (SSSR count). The molecule has 1 aliphatic heterocycles. The SMILES string of the molecule is C=CCOc1cccc(NC(=S)NC[C@H]2CCCO2)c1. The fourth-order valence-electron chi connectivity index (χ4n) is 2.01. The third-order valence-electron chi connectivity index (χ3n) is 2.97. The van der Waals surface area contributed by atoms with E-state index in [0.29, 0.717) is 11.7 Å². The van der Waals surface area contributed by atoms with Gasteiger partial charge in [-0.1, -0.05) is 18.7 Å². The molecule has 4 nitrogen and oxygen atoms in total. The molecule has 20 heavy (non-hydrogen) atoms. The Morgan fingerprint density at radius 2 is 2.45 bits per heavy atom. The molecule has 0 radical (unpaired) electrons. The van der Waals surface area contributed by atoms with E-state index in [1.54, 1.807) is 6.08 Å². The molecule has 0 unspecified atom stereocenters. The number of hydrogen-bond donors (Lipinski definition) is 2. The van der Waals surface area contributed by atoms with E-state index in [1.807, 2.05) is 24.3 Å². The van der Waals surface area contributed by atoms with Crippen LogP contribution in [0.25, 0.3) is 0 Å². The van der Waals surface area contributed by atoms with Gasteiger partial charge in [0.05, 0.1) is 6.10 Å². The lowest BCUT2D eigenvalue weighted by molar-refractivity contribution is 0.114. The number of anilines is 1. The minimum absolute atomic E-state index is 0.275. The van der Waals surface area contributed by atoms with E-state index in [0.717, 1.165) is 37.4 Å². The summed E-state index contributed by atoms with van der Waals surface area (Å²) in [7, 11) is 0. The molecule has 1 aromatic carbocycles. The predicted molar refractivity (Wildman–Crippen MR) is 85.3 cm³/mol. The van der Waals surface area contributed by atoms with E-state index in [9.17, 15) is 0 Å². The summed E-state index contributed by atoms with van der Waals surface area (Å²) in [6.07, 6.45) is 4.22. The fraction of sp³-hybridized carbons (Fsp3) is 0.400. The molecule has 0 saturated carbocycles. The maximum absolute atomic E-state index is 5.54. The van der Waals surface area contributed by atoms with Crippen molar-refractivity contribution in [1.29, 1.82) is 0 Å². The van der Waals surface area contributed by atoms with E-state index in [2.05, 4.69) is 17.2 Å². The summed E-state index contributed by atoms with van der Waals surface area (Å²) in [6.45, 7) is 5.72. The summed E-state index contributed by atoms with van der Waals surface area (Å²) in [5.41, 5.74) is 0.899. The quantitative estimate of drug-likeness (QED) is 0.623. The van der Waals surface area contributed by atoms with Crippen LogP contribution in [-0.2, 0) is 4.74 Å². The van der Waals surface area contributed by atoms with Gasteiger partial charge in [-0.3, -0.25) is 0 Å². The van der Waals surface area contributed by atoms with Crippen LogP contribution in [0.2, 0.25) is 0 Å². The van der Waals surface area contributed by atoms with Crippen LogP contribution in [0, 0.1) is 0 Å². The van der Waals surface area contributed by atoms with E-state index < -0.39 is 0 Å². The third-order valence-corrected chi connectivity index (χ3v) is 3.22. The van der Waals surface area contributed by atoms with E-state index in [4.69, 9.17) is 21.7 Å². The second kappa shape index (κ2) is 7.87. The van der Waals surface area contributed by atoms with Crippen molar-refractivity contribution in [1.82, 2.24) is 5.32 Å². The van der Waals surface area contributed by atoms with Crippen molar-refractivity contribution in [2.75, 3.05) is 25.1 Å². The molecule has 5 heteroatoms. The lowest BCUT2D eigenvalue weighted by Crippen LogP contribution is -2.34. The van der Waals surface area contributed by atoms with Gasteiger partial charge in [0.1, 0.15) is 12.4 Å². The lowest BCUT2D eigenvalue weighted by atomic mass is 10.2. The number of thiocarbonyl (C=S) groups is 1. The molecule has 0 spiro atoms. The van der Waals surface area contributed by atoms with Crippen molar-refractivity contribution < 1.29 is 9.47 Å². The Morgan fingerprint density at radius 1 is 1.55 bits per heavy atom. The zero-order valence-corrected chi connectivity index (χ0v) is 12.2. The standard InChI is InChI=1S/C15H20N2O2S/c1-2-8-18-13-6-3-5-12(10-13)17-15(20)16-11-14-7-4-9-19-14/h2-3,5-6,10,14H,1,4,7-9,11H2,(H2,16,17,20)/t14-/m1/s1. The fourth-order valence-corrected chi connectivity index (χ4v) is 2.21. The Hall–Kier alpha value is -1.59. The first-order chi connectivity index (χ1) is 9.78.